The van der Waals surface area contributed by atoms with Gasteiger partial charge in [0, 0.05) is 11.6 Å². The lowest BCUT2D eigenvalue weighted by Gasteiger charge is -2.34. The topological polar surface area (TPSA) is 38.0 Å². The second-order valence-electron chi connectivity index (χ2n) is 4.91. The third kappa shape index (κ3) is 3.23. The molecule has 2 nitrogen and oxygen atoms in total. The van der Waals surface area contributed by atoms with E-state index in [2.05, 4.69) is 5.32 Å². The molecule has 0 aliphatic heterocycles. The van der Waals surface area contributed by atoms with Crippen molar-refractivity contribution in [1.82, 2.24) is 5.32 Å². The van der Waals surface area contributed by atoms with Crippen LogP contribution in [0.15, 0.2) is 18.2 Å². The van der Waals surface area contributed by atoms with E-state index in [4.69, 9.17) is 5.73 Å². The molecule has 1 atom stereocenters. The fraction of sp³-hybridized carbons (Fsp3) is 0.538. The maximum Gasteiger partial charge on any atom is 0.128 e. The Balaban J connectivity index is 3.13. The van der Waals surface area contributed by atoms with Gasteiger partial charge in [0.2, 0.25) is 0 Å². The number of rotatable bonds is 5. The molecule has 4 heteroatoms. The normalized spacial score (nSPS) is 13.8. The molecule has 3 N–H and O–H groups in total. The average Bonchev–Trinajstić information content (AvgIpc) is 2.23. The second kappa shape index (κ2) is 5.56. The first-order chi connectivity index (χ1) is 7.92. The van der Waals surface area contributed by atoms with E-state index in [9.17, 15) is 8.78 Å². The van der Waals surface area contributed by atoms with E-state index in [1.165, 1.54) is 6.07 Å². The molecule has 0 heterocycles. The molecule has 1 aromatic carbocycles. The lowest BCUT2D eigenvalue weighted by molar-refractivity contribution is 0.234. The van der Waals surface area contributed by atoms with Crippen molar-refractivity contribution >= 4 is 0 Å². The zero-order chi connectivity index (χ0) is 13.1. The zero-order valence-electron chi connectivity index (χ0n) is 10.6. The molecule has 0 aromatic heterocycles. The number of hydrogen-bond acceptors (Lipinski definition) is 2. The predicted molar refractivity (Wildman–Crippen MR) is 65.6 cm³/mol. The van der Waals surface area contributed by atoms with Crippen LogP contribution in [0.3, 0.4) is 0 Å². The van der Waals surface area contributed by atoms with Gasteiger partial charge in [-0.1, -0.05) is 13.8 Å². The molecule has 0 saturated carbocycles. The summed E-state index contributed by atoms with van der Waals surface area (Å²) < 4.78 is 26.9. The van der Waals surface area contributed by atoms with Crippen LogP contribution in [0.25, 0.3) is 0 Å². The molecule has 0 aliphatic carbocycles. The van der Waals surface area contributed by atoms with Crippen molar-refractivity contribution in [3.05, 3.63) is 35.4 Å². The maximum atomic E-state index is 13.7. The maximum absolute atomic E-state index is 13.7. The molecular weight excluding hydrogens is 222 g/mol. The number of nitrogens with one attached hydrogen (secondary N) is 1. The molecule has 1 aromatic rings. The summed E-state index contributed by atoms with van der Waals surface area (Å²) in [5.74, 6) is -0.818. The van der Waals surface area contributed by atoms with Crippen molar-refractivity contribution < 1.29 is 8.78 Å². The Labute approximate surface area is 101 Å². The summed E-state index contributed by atoms with van der Waals surface area (Å²) in [6, 6.07) is 3.27. The molecular formula is C13H20F2N2. The van der Waals surface area contributed by atoms with Crippen molar-refractivity contribution in [3.63, 3.8) is 0 Å². The number of nitrogens with two attached hydrogens (primary N) is 1. The third-order valence-corrected chi connectivity index (χ3v) is 3.13. The quantitative estimate of drug-likeness (QED) is 0.833. The summed E-state index contributed by atoms with van der Waals surface area (Å²) in [5, 5.41) is 3.05. The van der Waals surface area contributed by atoms with E-state index < -0.39 is 11.6 Å². The van der Waals surface area contributed by atoms with Gasteiger partial charge in [0.15, 0.2) is 0 Å². The van der Waals surface area contributed by atoms with Crippen molar-refractivity contribution in [2.24, 2.45) is 11.1 Å². The summed E-state index contributed by atoms with van der Waals surface area (Å²) in [6.07, 6.45) is 0.731. The van der Waals surface area contributed by atoms with Gasteiger partial charge in [-0.05, 0) is 43.6 Å². The van der Waals surface area contributed by atoms with Gasteiger partial charge in [0.05, 0.1) is 0 Å². The summed E-state index contributed by atoms with van der Waals surface area (Å²) in [5.41, 5.74) is 5.67. The van der Waals surface area contributed by atoms with Gasteiger partial charge in [-0.15, -0.1) is 0 Å². The minimum atomic E-state index is -0.426. The molecule has 0 radical (unpaired) electrons. The van der Waals surface area contributed by atoms with E-state index in [-0.39, 0.29) is 11.5 Å². The number of benzene rings is 1. The van der Waals surface area contributed by atoms with Crippen LogP contribution in [0, 0.1) is 17.0 Å². The van der Waals surface area contributed by atoms with E-state index in [0.717, 1.165) is 18.6 Å². The largest absolute Gasteiger partial charge is 0.330 e. The first kappa shape index (κ1) is 14.1. The first-order valence-corrected chi connectivity index (χ1v) is 5.74. The average molecular weight is 242 g/mol. The Morgan fingerprint density at radius 3 is 2.53 bits per heavy atom. The summed E-state index contributed by atoms with van der Waals surface area (Å²) in [6.45, 7) is 4.50. The van der Waals surface area contributed by atoms with Crippen LogP contribution in [0.1, 0.15) is 31.9 Å². The van der Waals surface area contributed by atoms with Crippen molar-refractivity contribution in [3.8, 4) is 0 Å². The highest BCUT2D eigenvalue weighted by Crippen LogP contribution is 2.37. The standard InChI is InChI=1S/C13H20F2N2/c1-13(2,6-7-16)12(17-3)10-8-9(14)4-5-11(10)15/h4-5,8,12,17H,6-7,16H2,1-3H3. The lowest BCUT2D eigenvalue weighted by atomic mass is 9.77. The van der Waals surface area contributed by atoms with E-state index in [0.29, 0.717) is 12.1 Å². The number of hydrogen-bond donors (Lipinski definition) is 2. The Bertz CT molecular complexity index is 378. The van der Waals surface area contributed by atoms with Crippen molar-refractivity contribution in [2.45, 2.75) is 26.3 Å². The Morgan fingerprint density at radius 1 is 1.35 bits per heavy atom. The van der Waals surface area contributed by atoms with Crippen LogP contribution in [0.5, 0.6) is 0 Å². The molecule has 0 fully saturated rings. The summed E-state index contributed by atoms with van der Waals surface area (Å²) in [7, 11) is 1.74. The van der Waals surface area contributed by atoms with E-state index >= 15 is 0 Å². The lowest BCUT2D eigenvalue weighted by Crippen LogP contribution is -2.34. The van der Waals surface area contributed by atoms with Crippen LogP contribution in [0.4, 0.5) is 8.78 Å². The van der Waals surface area contributed by atoms with E-state index in [1.807, 2.05) is 13.8 Å². The SMILES string of the molecule is CNC(c1cc(F)ccc1F)C(C)(C)CCN. The Hall–Kier alpha value is -1.00. The first-order valence-electron chi connectivity index (χ1n) is 5.74. The molecule has 0 bridgehead atoms. The summed E-state index contributed by atoms with van der Waals surface area (Å²) in [4.78, 5) is 0. The number of halogens is 2. The minimum absolute atomic E-state index is 0.238. The minimum Gasteiger partial charge on any atom is -0.330 e. The van der Waals surface area contributed by atoms with Gasteiger partial charge >= 0.3 is 0 Å². The highest BCUT2D eigenvalue weighted by molar-refractivity contribution is 5.24. The van der Waals surface area contributed by atoms with Gasteiger partial charge < -0.3 is 11.1 Å². The highest BCUT2D eigenvalue weighted by Gasteiger charge is 2.31. The van der Waals surface area contributed by atoms with Crippen molar-refractivity contribution in [1.29, 1.82) is 0 Å². The molecule has 0 spiro atoms. The fourth-order valence-electron chi connectivity index (χ4n) is 2.22. The zero-order valence-corrected chi connectivity index (χ0v) is 10.6. The van der Waals surface area contributed by atoms with E-state index in [1.54, 1.807) is 7.05 Å². The Kier molecular flexibility index (Phi) is 4.60. The molecule has 17 heavy (non-hydrogen) atoms. The van der Waals surface area contributed by atoms with Gasteiger partial charge in [0.25, 0.3) is 0 Å². The predicted octanol–water partition coefficient (Wildman–Crippen LogP) is 2.60. The van der Waals surface area contributed by atoms with Gasteiger partial charge in [-0.3, -0.25) is 0 Å². The highest BCUT2D eigenvalue weighted by atomic mass is 19.1. The second-order valence-corrected chi connectivity index (χ2v) is 4.91. The molecule has 0 saturated heterocycles. The van der Waals surface area contributed by atoms with Gasteiger partial charge in [-0.2, -0.15) is 0 Å². The third-order valence-electron chi connectivity index (χ3n) is 3.13. The van der Waals surface area contributed by atoms with Gasteiger partial charge in [0.1, 0.15) is 11.6 Å². The molecule has 0 aliphatic rings. The monoisotopic (exact) mass is 242 g/mol. The van der Waals surface area contributed by atoms with Crippen LogP contribution >= 0.6 is 0 Å². The fourth-order valence-corrected chi connectivity index (χ4v) is 2.22. The molecule has 1 unspecified atom stereocenters. The van der Waals surface area contributed by atoms with Gasteiger partial charge in [-0.25, -0.2) is 8.78 Å². The van der Waals surface area contributed by atoms with Crippen LogP contribution in [-0.4, -0.2) is 13.6 Å². The summed E-state index contributed by atoms with van der Waals surface area (Å²) >= 11 is 0. The van der Waals surface area contributed by atoms with Crippen LogP contribution in [0.2, 0.25) is 0 Å². The smallest absolute Gasteiger partial charge is 0.128 e. The molecule has 0 amide bonds. The molecule has 1 rings (SSSR count). The van der Waals surface area contributed by atoms with Crippen molar-refractivity contribution in [2.75, 3.05) is 13.6 Å². The van der Waals surface area contributed by atoms with Crippen LogP contribution in [-0.2, 0) is 0 Å². The molecule has 96 valence electrons. The Morgan fingerprint density at radius 2 is 2.00 bits per heavy atom. The van der Waals surface area contributed by atoms with Crippen LogP contribution < -0.4 is 11.1 Å².